The van der Waals surface area contributed by atoms with Crippen molar-refractivity contribution in [2.75, 3.05) is 0 Å². The number of hydrogen-bond acceptors (Lipinski definition) is 2. The van der Waals surface area contributed by atoms with Gasteiger partial charge in [-0.15, -0.1) is 0 Å². The van der Waals surface area contributed by atoms with Gasteiger partial charge in [0.2, 0.25) is 0 Å². The van der Waals surface area contributed by atoms with E-state index in [9.17, 15) is 0 Å². The van der Waals surface area contributed by atoms with Crippen LogP contribution in [0.1, 0.15) is 46.1 Å². The molecule has 94 valence electrons. The van der Waals surface area contributed by atoms with Gasteiger partial charge in [0, 0.05) is 18.4 Å². The maximum atomic E-state index is 6.24. The van der Waals surface area contributed by atoms with E-state index in [0.717, 1.165) is 18.4 Å². The van der Waals surface area contributed by atoms with E-state index >= 15 is 0 Å². The quantitative estimate of drug-likeness (QED) is 0.773. The fourth-order valence-corrected chi connectivity index (χ4v) is 2.75. The molecule has 1 aromatic rings. The number of ether oxygens (including phenoxy) is 2. The van der Waals surface area contributed by atoms with Crippen LogP contribution in [0.2, 0.25) is 0 Å². The largest absolute Gasteiger partial charge is 0.343 e. The van der Waals surface area contributed by atoms with Gasteiger partial charge in [0.15, 0.2) is 5.79 Å². The van der Waals surface area contributed by atoms with Crippen molar-refractivity contribution in [3.8, 4) is 0 Å². The monoisotopic (exact) mass is 234 g/mol. The van der Waals surface area contributed by atoms with Crippen molar-refractivity contribution in [3.63, 3.8) is 0 Å². The SMILES string of the molecule is CC[C@]1(c2ccccc2)O[C@H](C)CC(C)(C)O1. The molecule has 0 unspecified atom stereocenters. The first-order valence-corrected chi connectivity index (χ1v) is 6.41. The summed E-state index contributed by atoms with van der Waals surface area (Å²) in [6.45, 7) is 8.51. The molecule has 17 heavy (non-hydrogen) atoms. The molecule has 0 aliphatic carbocycles. The van der Waals surface area contributed by atoms with E-state index in [4.69, 9.17) is 9.47 Å². The van der Waals surface area contributed by atoms with Gasteiger partial charge in [0.1, 0.15) is 0 Å². The van der Waals surface area contributed by atoms with Crippen LogP contribution in [-0.4, -0.2) is 11.7 Å². The van der Waals surface area contributed by atoms with Gasteiger partial charge in [0.25, 0.3) is 0 Å². The van der Waals surface area contributed by atoms with Crippen LogP contribution in [0.4, 0.5) is 0 Å². The van der Waals surface area contributed by atoms with Crippen LogP contribution < -0.4 is 0 Å². The van der Waals surface area contributed by atoms with Crippen molar-refractivity contribution < 1.29 is 9.47 Å². The predicted molar refractivity (Wildman–Crippen MR) is 68.7 cm³/mol. The van der Waals surface area contributed by atoms with E-state index in [-0.39, 0.29) is 11.7 Å². The summed E-state index contributed by atoms with van der Waals surface area (Å²) < 4.78 is 12.4. The fourth-order valence-electron chi connectivity index (χ4n) is 2.75. The molecule has 2 rings (SSSR count). The highest BCUT2D eigenvalue weighted by molar-refractivity contribution is 5.21. The highest BCUT2D eigenvalue weighted by atomic mass is 16.7. The van der Waals surface area contributed by atoms with Gasteiger partial charge in [-0.25, -0.2) is 0 Å². The van der Waals surface area contributed by atoms with Gasteiger partial charge in [0.05, 0.1) is 11.7 Å². The summed E-state index contributed by atoms with van der Waals surface area (Å²) in [6.07, 6.45) is 1.98. The summed E-state index contributed by atoms with van der Waals surface area (Å²) in [5.74, 6) is -0.581. The average molecular weight is 234 g/mol. The van der Waals surface area contributed by atoms with Gasteiger partial charge in [-0.05, 0) is 20.8 Å². The van der Waals surface area contributed by atoms with Crippen molar-refractivity contribution in [1.29, 1.82) is 0 Å². The Morgan fingerprint density at radius 2 is 1.88 bits per heavy atom. The van der Waals surface area contributed by atoms with Crippen molar-refractivity contribution in [3.05, 3.63) is 35.9 Å². The Morgan fingerprint density at radius 1 is 1.24 bits per heavy atom. The van der Waals surface area contributed by atoms with Crippen molar-refractivity contribution >= 4 is 0 Å². The second-order valence-electron chi connectivity index (χ2n) is 5.47. The van der Waals surface area contributed by atoms with Crippen LogP contribution >= 0.6 is 0 Å². The lowest BCUT2D eigenvalue weighted by molar-refractivity contribution is -0.350. The Bertz CT molecular complexity index is 372. The van der Waals surface area contributed by atoms with Crippen molar-refractivity contribution in [2.24, 2.45) is 0 Å². The number of benzene rings is 1. The van der Waals surface area contributed by atoms with Crippen LogP contribution in [-0.2, 0) is 15.3 Å². The lowest BCUT2D eigenvalue weighted by Gasteiger charge is -2.47. The molecule has 2 atom stereocenters. The Labute approximate surface area is 104 Å². The molecule has 2 heteroatoms. The van der Waals surface area contributed by atoms with Crippen LogP contribution in [0.25, 0.3) is 0 Å². The minimum atomic E-state index is -0.581. The molecule has 0 amide bonds. The van der Waals surface area contributed by atoms with Gasteiger partial charge in [-0.2, -0.15) is 0 Å². The standard InChI is InChI=1S/C15H22O2/c1-5-15(13-9-7-6-8-10-13)16-12(2)11-14(3,4)17-15/h6-10,12H,5,11H2,1-4H3/t12-,15+/m1/s1. The third kappa shape index (κ3) is 2.53. The minimum Gasteiger partial charge on any atom is -0.343 e. The molecule has 0 radical (unpaired) electrons. The topological polar surface area (TPSA) is 18.5 Å². The van der Waals surface area contributed by atoms with Gasteiger partial charge in [-0.1, -0.05) is 37.3 Å². The molecule has 1 aliphatic rings. The molecular weight excluding hydrogens is 212 g/mol. The summed E-state index contributed by atoms with van der Waals surface area (Å²) in [4.78, 5) is 0. The van der Waals surface area contributed by atoms with E-state index in [1.54, 1.807) is 0 Å². The molecular formula is C15H22O2. The highest BCUT2D eigenvalue weighted by Crippen LogP contribution is 2.42. The molecule has 1 saturated heterocycles. The molecule has 1 fully saturated rings. The Hall–Kier alpha value is -0.860. The fraction of sp³-hybridized carbons (Fsp3) is 0.600. The summed E-state index contributed by atoms with van der Waals surface area (Å²) in [7, 11) is 0. The van der Waals surface area contributed by atoms with Gasteiger partial charge < -0.3 is 9.47 Å². The smallest absolute Gasteiger partial charge is 0.195 e. The zero-order valence-corrected chi connectivity index (χ0v) is 11.2. The highest BCUT2D eigenvalue weighted by Gasteiger charge is 2.44. The van der Waals surface area contributed by atoms with E-state index in [0.29, 0.717) is 0 Å². The lowest BCUT2D eigenvalue weighted by Crippen LogP contribution is -2.49. The zero-order valence-electron chi connectivity index (χ0n) is 11.2. The molecule has 0 bridgehead atoms. The Morgan fingerprint density at radius 3 is 2.41 bits per heavy atom. The maximum Gasteiger partial charge on any atom is 0.195 e. The van der Waals surface area contributed by atoms with Crippen LogP contribution in [0.3, 0.4) is 0 Å². The Kier molecular flexibility index (Phi) is 3.28. The normalized spacial score (nSPS) is 32.4. The van der Waals surface area contributed by atoms with E-state index < -0.39 is 5.79 Å². The third-order valence-corrected chi connectivity index (χ3v) is 3.29. The predicted octanol–water partition coefficient (Wildman–Crippen LogP) is 3.85. The Balaban J connectivity index is 2.37. The molecule has 0 N–H and O–H groups in total. The summed E-state index contributed by atoms with van der Waals surface area (Å²) in [5, 5.41) is 0. The van der Waals surface area contributed by atoms with E-state index in [1.807, 2.05) is 18.2 Å². The third-order valence-electron chi connectivity index (χ3n) is 3.29. The zero-order chi connectivity index (χ0) is 12.5. The van der Waals surface area contributed by atoms with E-state index in [2.05, 4.69) is 39.8 Å². The van der Waals surface area contributed by atoms with Gasteiger partial charge in [-0.3, -0.25) is 0 Å². The van der Waals surface area contributed by atoms with Gasteiger partial charge >= 0.3 is 0 Å². The molecule has 0 aromatic heterocycles. The first-order valence-electron chi connectivity index (χ1n) is 6.41. The molecule has 0 saturated carbocycles. The molecule has 2 nitrogen and oxygen atoms in total. The van der Waals surface area contributed by atoms with Crippen molar-refractivity contribution in [1.82, 2.24) is 0 Å². The summed E-state index contributed by atoms with van der Waals surface area (Å²) in [5.41, 5.74) is 0.978. The average Bonchev–Trinajstić information content (AvgIpc) is 2.27. The first-order chi connectivity index (χ1) is 7.97. The minimum absolute atomic E-state index is 0.135. The maximum absolute atomic E-state index is 6.24. The second-order valence-corrected chi connectivity index (χ2v) is 5.47. The summed E-state index contributed by atoms with van der Waals surface area (Å²) >= 11 is 0. The number of hydrogen-bond donors (Lipinski definition) is 0. The van der Waals surface area contributed by atoms with E-state index in [1.165, 1.54) is 0 Å². The van der Waals surface area contributed by atoms with Crippen molar-refractivity contribution in [2.45, 2.75) is 58.0 Å². The second kappa shape index (κ2) is 4.43. The number of rotatable bonds is 2. The molecule has 1 aromatic carbocycles. The summed E-state index contributed by atoms with van der Waals surface area (Å²) in [6, 6.07) is 10.2. The molecule has 0 spiro atoms. The van der Waals surface area contributed by atoms with Crippen LogP contribution in [0, 0.1) is 0 Å². The lowest BCUT2D eigenvalue weighted by atomic mass is 9.94. The molecule has 1 aliphatic heterocycles. The molecule has 1 heterocycles. The first kappa shape index (κ1) is 12.6. The van der Waals surface area contributed by atoms with Crippen LogP contribution in [0.15, 0.2) is 30.3 Å². The van der Waals surface area contributed by atoms with Crippen LogP contribution in [0.5, 0.6) is 0 Å².